The molecule has 0 aliphatic heterocycles. The first-order valence-corrected chi connectivity index (χ1v) is 4.05. The number of imidazole rings is 1. The highest BCUT2D eigenvalue weighted by molar-refractivity contribution is 5.41. The van der Waals surface area contributed by atoms with Gasteiger partial charge in [-0.3, -0.25) is 0 Å². The molecule has 0 bridgehead atoms. The summed E-state index contributed by atoms with van der Waals surface area (Å²) in [4.78, 5) is 6.90. The Kier molecular flexibility index (Phi) is 4.77. The number of hydrogen-bond acceptors (Lipinski definition) is 1. The summed E-state index contributed by atoms with van der Waals surface area (Å²) in [6.45, 7) is 13.4. The second kappa shape index (κ2) is 5.35. The summed E-state index contributed by atoms with van der Waals surface area (Å²) in [7, 11) is 0. The van der Waals surface area contributed by atoms with Crippen molar-refractivity contribution in [3.05, 3.63) is 29.2 Å². The second-order valence-corrected chi connectivity index (χ2v) is 2.26. The largest absolute Gasteiger partial charge is 0.345 e. The molecule has 0 amide bonds. The van der Waals surface area contributed by atoms with E-state index in [1.165, 1.54) is 0 Å². The zero-order chi connectivity index (χ0) is 9.56. The van der Waals surface area contributed by atoms with Crippen LogP contribution in [0.1, 0.15) is 20.8 Å². The van der Waals surface area contributed by atoms with Crippen LogP contribution in [0.4, 0.5) is 0 Å². The molecule has 0 fully saturated rings. The lowest BCUT2D eigenvalue weighted by Gasteiger charge is -1.79. The van der Waals surface area contributed by atoms with E-state index in [9.17, 15) is 0 Å². The molecule has 0 aliphatic carbocycles. The SMILES string of the molecule is C=C(C)/C=c1/nc[nH]c1=C.CC. The number of nitrogens with zero attached hydrogens (tertiary/aromatic N) is 1. The lowest BCUT2D eigenvalue weighted by atomic mass is 10.3. The molecular weight excluding hydrogens is 148 g/mol. The highest BCUT2D eigenvalue weighted by Crippen LogP contribution is 1.83. The van der Waals surface area contributed by atoms with Crippen LogP contribution in [-0.2, 0) is 0 Å². The third-order valence-electron chi connectivity index (χ3n) is 1.13. The number of nitrogens with one attached hydrogen (secondary N) is 1. The Bertz CT molecular complexity index is 333. The van der Waals surface area contributed by atoms with Gasteiger partial charge in [-0.15, -0.1) is 0 Å². The Balaban J connectivity index is 0.000000561. The minimum Gasteiger partial charge on any atom is -0.345 e. The van der Waals surface area contributed by atoms with Gasteiger partial charge < -0.3 is 4.98 Å². The van der Waals surface area contributed by atoms with Crippen LogP contribution < -0.4 is 10.7 Å². The van der Waals surface area contributed by atoms with Crippen LogP contribution in [0.3, 0.4) is 0 Å². The van der Waals surface area contributed by atoms with Crippen LogP contribution in [-0.4, -0.2) is 9.97 Å². The fraction of sp³-hybridized carbons (Fsp3) is 0.300. The van der Waals surface area contributed by atoms with Gasteiger partial charge in [-0.25, -0.2) is 4.98 Å². The van der Waals surface area contributed by atoms with Crippen molar-refractivity contribution in [1.82, 2.24) is 9.97 Å². The fourth-order valence-corrected chi connectivity index (χ4v) is 0.689. The van der Waals surface area contributed by atoms with Crippen molar-refractivity contribution in [2.45, 2.75) is 20.8 Å². The van der Waals surface area contributed by atoms with Crippen LogP contribution in [0.15, 0.2) is 18.5 Å². The monoisotopic (exact) mass is 164 g/mol. The number of H-pyrrole nitrogens is 1. The van der Waals surface area contributed by atoms with Crippen molar-refractivity contribution in [1.29, 1.82) is 0 Å². The van der Waals surface area contributed by atoms with Gasteiger partial charge in [0.1, 0.15) is 0 Å². The summed E-state index contributed by atoms with van der Waals surface area (Å²) >= 11 is 0. The maximum atomic E-state index is 4.02. The zero-order valence-electron chi connectivity index (χ0n) is 8.02. The molecule has 1 aromatic rings. The molecule has 0 radical (unpaired) electrons. The van der Waals surface area contributed by atoms with Gasteiger partial charge in [-0.1, -0.05) is 32.6 Å². The highest BCUT2D eigenvalue weighted by Gasteiger charge is 1.82. The van der Waals surface area contributed by atoms with E-state index in [2.05, 4.69) is 23.1 Å². The van der Waals surface area contributed by atoms with Gasteiger partial charge >= 0.3 is 0 Å². The number of hydrogen-bond donors (Lipinski definition) is 1. The maximum Gasteiger partial charge on any atom is 0.0931 e. The molecule has 2 heteroatoms. The summed E-state index contributed by atoms with van der Waals surface area (Å²) < 4.78 is 0. The van der Waals surface area contributed by atoms with Gasteiger partial charge in [0.2, 0.25) is 0 Å². The Morgan fingerprint density at radius 1 is 1.58 bits per heavy atom. The smallest absolute Gasteiger partial charge is 0.0931 e. The predicted octanol–water partition coefficient (Wildman–Crippen LogP) is 1.20. The van der Waals surface area contributed by atoms with Crippen LogP contribution >= 0.6 is 0 Å². The van der Waals surface area contributed by atoms with Crippen molar-refractivity contribution in [3.63, 3.8) is 0 Å². The minimum atomic E-state index is 0.836. The van der Waals surface area contributed by atoms with Crippen molar-refractivity contribution < 1.29 is 0 Å². The lowest BCUT2D eigenvalue weighted by Crippen LogP contribution is -2.22. The summed E-state index contributed by atoms with van der Waals surface area (Å²) in [5, 5.41) is 1.70. The lowest BCUT2D eigenvalue weighted by molar-refractivity contribution is 1.29. The number of aromatic nitrogens is 2. The summed E-state index contributed by atoms with van der Waals surface area (Å²) in [6.07, 6.45) is 3.51. The number of rotatable bonds is 1. The molecule has 0 atom stereocenters. The topological polar surface area (TPSA) is 28.7 Å². The molecular formula is C10H16N2. The molecule has 0 aromatic carbocycles. The molecule has 0 saturated heterocycles. The van der Waals surface area contributed by atoms with E-state index in [4.69, 9.17) is 0 Å². The average Bonchev–Trinajstić information content (AvgIpc) is 2.40. The average molecular weight is 164 g/mol. The third kappa shape index (κ3) is 3.19. The molecule has 0 unspecified atom stereocenters. The Morgan fingerprint density at radius 3 is 2.50 bits per heavy atom. The molecule has 0 saturated carbocycles. The zero-order valence-corrected chi connectivity index (χ0v) is 8.02. The van der Waals surface area contributed by atoms with Crippen molar-refractivity contribution in [3.8, 4) is 0 Å². The highest BCUT2D eigenvalue weighted by atomic mass is 14.8. The van der Waals surface area contributed by atoms with Gasteiger partial charge in [-0.2, -0.15) is 0 Å². The van der Waals surface area contributed by atoms with Crippen LogP contribution in [0.2, 0.25) is 0 Å². The summed E-state index contributed by atoms with van der Waals surface area (Å²) in [5.74, 6) is 0. The first-order chi connectivity index (χ1) is 5.70. The molecule has 1 rings (SSSR count). The summed E-state index contributed by atoms with van der Waals surface area (Å²) in [6, 6.07) is 0. The first-order valence-electron chi connectivity index (χ1n) is 4.05. The van der Waals surface area contributed by atoms with Crippen molar-refractivity contribution >= 4 is 12.7 Å². The predicted molar refractivity (Wildman–Crippen MR) is 54.0 cm³/mol. The van der Waals surface area contributed by atoms with E-state index in [0.717, 1.165) is 16.3 Å². The van der Waals surface area contributed by atoms with Crippen LogP contribution in [0, 0.1) is 0 Å². The number of aromatic amines is 1. The molecule has 0 spiro atoms. The quantitative estimate of drug-likeness (QED) is 0.664. The Hall–Kier alpha value is -1.31. The molecule has 1 aromatic heterocycles. The standard InChI is InChI=1S/C8H10N2.C2H6/c1-6(2)4-8-7(3)9-5-10-8;1-2/h4-5H,1,3H2,2H3,(H,9,10);1-2H3/b8-4+;. The van der Waals surface area contributed by atoms with E-state index >= 15 is 0 Å². The molecule has 2 nitrogen and oxygen atoms in total. The van der Waals surface area contributed by atoms with E-state index in [0.29, 0.717) is 0 Å². The molecule has 12 heavy (non-hydrogen) atoms. The van der Waals surface area contributed by atoms with E-state index < -0.39 is 0 Å². The second-order valence-electron chi connectivity index (χ2n) is 2.26. The van der Waals surface area contributed by atoms with Gasteiger partial charge in [0.05, 0.1) is 17.0 Å². The van der Waals surface area contributed by atoms with Gasteiger partial charge in [0.25, 0.3) is 0 Å². The van der Waals surface area contributed by atoms with Crippen molar-refractivity contribution in [2.24, 2.45) is 0 Å². The Morgan fingerprint density at radius 2 is 2.17 bits per heavy atom. The molecule has 0 aliphatic rings. The van der Waals surface area contributed by atoms with E-state index in [-0.39, 0.29) is 0 Å². The van der Waals surface area contributed by atoms with E-state index in [1.54, 1.807) is 6.33 Å². The van der Waals surface area contributed by atoms with Gasteiger partial charge in [-0.05, 0) is 13.0 Å². The Labute approximate surface area is 73.4 Å². The number of allylic oxidation sites excluding steroid dienone is 1. The van der Waals surface area contributed by atoms with E-state index in [1.807, 2.05) is 26.8 Å². The molecule has 1 N–H and O–H groups in total. The minimum absolute atomic E-state index is 0.836. The van der Waals surface area contributed by atoms with Crippen molar-refractivity contribution in [2.75, 3.05) is 0 Å². The maximum absolute atomic E-state index is 4.02. The van der Waals surface area contributed by atoms with Gasteiger partial charge in [0, 0.05) is 0 Å². The van der Waals surface area contributed by atoms with Crippen LogP contribution in [0.25, 0.3) is 12.7 Å². The first kappa shape index (κ1) is 10.7. The molecule has 1 heterocycles. The fourth-order valence-electron chi connectivity index (χ4n) is 0.689. The van der Waals surface area contributed by atoms with Gasteiger partial charge in [0.15, 0.2) is 0 Å². The van der Waals surface area contributed by atoms with Crippen LogP contribution in [0.5, 0.6) is 0 Å². The molecule has 66 valence electrons. The summed E-state index contributed by atoms with van der Waals surface area (Å²) in [5.41, 5.74) is 0.983. The normalized spacial score (nSPS) is 10.4. The third-order valence-corrected chi connectivity index (χ3v) is 1.13.